The summed E-state index contributed by atoms with van der Waals surface area (Å²) in [5.74, 6) is -36.0. The normalized spacial score (nSPS) is 17.3. The zero-order valence-electron chi connectivity index (χ0n) is 10.2. The van der Waals surface area contributed by atoms with E-state index < -0.39 is 45.1 Å². The van der Waals surface area contributed by atoms with Crippen molar-refractivity contribution >= 4 is 46.7 Å². The molecule has 0 aromatic heterocycles. The Morgan fingerprint density at radius 3 is 1.21 bits per heavy atom. The Bertz CT molecular complexity index is 501. The summed E-state index contributed by atoms with van der Waals surface area (Å²) in [5.41, 5.74) is 0. The van der Waals surface area contributed by atoms with Crippen LogP contribution in [0.1, 0.15) is 0 Å². The quantitative estimate of drug-likeness (QED) is 0.468. The van der Waals surface area contributed by atoms with Crippen LogP contribution in [-0.2, 0) is 9.59 Å². The van der Waals surface area contributed by atoms with Crippen LogP contribution in [0.15, 0.2) is 0 Å². The number of aliphatic carboxylic acids is 2. The van der Waals surface area contributed by atoms with Crippen LogP contribution in [0.5, 0.6) is 0 Å². The highest BCUT2D eigenvalue weighted by molar-refractivity contribution is 6.61. The number of carboxylic acids is 2. The van der Waals surface area contributed by atoms with E-state index in [2.05, 4.69) is 34.8 Å². The molecule has 0 saturated heterocycles. The van der Waals surface area contributed by atoms with Crippen molar-refractivity contribution in [2.75, 3.05) is 0 Å². The van der Waals surface area contributed by atoms with Crippen molar-refractivity contribution in [1.29, 1.82) is 0 Å². The van der Waals surface area contributed by atoms with Crippen molar-refractivity contribution in [3.05, 3.63) is 0 Å². The van der Waals surface area contributed by atoms with Crippen LogP contribution in [0.25, 0.3) is 0 Å². The molecule has 0 saturated carbocycles. The molecule has 142 valence electrons. The Labute approximate surface area is 140 Å². The van der Waals surface area contributed by atoms with E-state index in [1.807, 2.05) is 0 Å². The third-order valence-electron chi connectivity index (χ3n) is 2.51. The molecule has 1 unspecified atom stereocenters. The van der Waals surface area contributed by atoms with Crippen LogP contribution in [0, 0.1) is 0 Å². The monoisotopic (exact) mass is 438 g/mol. The average molecular weight is 439 g/mol. The predicted molar refractivity (Wildman–Crippen MR) is 59.2 cm³/mol. The van der Waals surface area contributed by atoms with Crippen molar-refractivity contribution in [3.63, 3.8) is 0 Å². The molecule has 0 aromatic rings. The maximum absolute atomic E-state index is 13.7. The fourth-order valence-corrected chi connectivity index (χ4v) is 1.49. The van der Waals surface area contributed by atoms with Gasteiger partial charge in [-0.05, 0) is 0 Å². The fraction of sp³-hybridized carbons (Fsp3) is 0.750. The molecule has 0 heterocycles. The van der Waals surface area contributed by atoms with Gasteiger partial charge in [-0.1, -0.05) is 34.8 Å². The minimum atomic E-state index is -7.55. The molecular weight excluding hydrogens is 437 g/mol. The van der Waals surface area contributed by atoms with E-state index in [0.717, 1.165) is 0 Å². The molecule has 0 aliphatic carbocycles. The molecule has 0 aliphatic heterocycles. The molecule has 0 fully saturated rings. The van der Waals surface area contributed by atoms with Gasteiger partial charge in [-0.3, -0.25) is 0 Å². The van der Waals surface area contributed by atoms with Crippen molar-refractivity contribution < 1.29 is 59.3 Å². The van der Waals surface area contributed by atoms with Crippen molar-refractivity contribution in [3.8, 4) is 0 Å². The van der Waals surface area contributed by atoms with Crippen LogP contribution in [0.4, 0.5) is 39.5 Å². The minimum Gasteiger partial charge on any atom is -0.479 e. The highest BCUT2D eigenvalue weighted by Crippen LogP contribution is 2.61. The van der Waals surface area contributed by atoms with Gasteiger partial charge in [0.15, 0.2) is 0 Å². The van der Waals surface area contributed by atoms with Crippen LogP contribution in [0.2, 0.25) is 0 Å². The van der Waals surface area contributed by atoms with Crippen LogP contribution in [0.3, 0.4) is 0 Å². The Balaban J connectivity index is 6.48. The summed E-state index contributed by atoms with van der Waals surface area (Å²) in [4.78, 5) is 20.3. The summed E-state index contributed by atoms with van der Waals surface area (Å²) in [5, 5.41) is 10.1. The molecule has 0 aromatic carbocycles. The standard InChI is InChI=1S/C8H2Cl3F9O4/c9-3(10,1(21)22)5(11,14)7(17,18)8(19,20)6(15,16)4(12,13)2(23)24/h(H,21,22)(H,23,24). The number of hydrogen-bond acceptors (Lipinski definition) is 2. The van der Waals surface area contributed by atoms with Gasteiger partial charge in [0.2, 0.25) is 0 Å². The number of carbonyl (C=O) groups is 2. The molecule has 0 aliphatic rings. The number of hydrogen-bond donors (Lipinski definition) is 2. The number of rotatable bonds is 7. The van der Waals surface area contributed by atoms with Gasteiger partial charge in [-0.25, -0.2) is 14.0 Å². The van der Waals surface area contributed by atoms with Crippen LogP contribution < -0.4 is 0 Å². The summed E-state index contributed by atoms with van der Waals surface area (Å²) < 4.78 is 114. The van der Waals surface area contributed by atoms with E-state index in [0.29, 0.717) is 0 Å². The molecule has 16 heteroatoms. The Hall–Kier alpha value is -0.820. The molecule has 0 rings (SSSR count). The number of halogens is 12. The first-order valence-corrected chi connectivity index (χ1v) is 6.01. The molecule has 0 spiro atoms. The maximum atomic E-state index is 13.7. The maximum Gasteiger partial charge on any atom is 0.410 e. The average Bonchev–Trinajstić information content (AvgIpc) is 2.36. The summed E-state index contributed by atoms with van der Waals surface area (Å²) in [6.07, 6.45) is 0. The summed E-state index contributed by atoms with van der Waals surface area (Å²) in [6.45, 7) is 0. The zero-order valence-corrected chi connectivity index (χ0v) is 12.5. The second kappa shape index (κ2) is 5.87. The van der Waals surface area contributed by atoms with E-state index in [4.69, 9.17) is 10.2 Å². The van der Waals surface area contributed by atoms with Gasteiger partial charge in [-0.15, -0.1) is 0 Å². The van der Waals surface area contributed by atoms with Gasteiger partial charge in [0, 0.05) is 0 Å². The van der Waals surface area contributed by atoms with Gasteiger partial charge >= 0.3 is 35.6 Å². The highest BCUT2D eigenvalue weighted by Gasteiger charge is 2.90. The van der Waals surface area contributed by atoms with Crippen LogP contribution in [-0.4, -0.2) is 55.3 Å². The summed E-state index contributed by atoms with van der Waals surface area (Å²) in [7, 11) is 0. The molecule has 24 heavy (non-hydrogen) atoms. The van der Waals surface area contributed by atoms with Crippen molar-refractivity contribution in [1.82, 2.24) is 0 Å². The fourth-order valence-electron chi connectivity index (χ4n) is 1.06. The first-order chi connectivity index (χ1) is 10.1. The van der Waals surface area contributed by atoms with Crippen molar-refractivity contribution in [2.45, 2.75) is 33.2 Å². The first-order valence-electron chi connectivity index (χ1n) is 4.87. The molecular formula is C8H2Cl3F9O4. The van der Waals surface area contributed by atoms with Gasteiger partial charge < -0.3 is 10.2 Å². The van der Waals surface area contributed by atoms with Crippen molar-refractivity contribution in [2.24, 2.45) is 0 Å². The highest BCUT2D eigenvalue weighted by atomic mass is 35.5. The van der Waals surface area contributed by atoms with E-state index in [1.54, 1.807) is 0 Å². The lowest BCUT2D eigenvalue weighted by atomic mass is 9.93. The molecule has 4 nitrogen and oxygen atoms in total. The second-order valence-electron chi connectivity index (χ2n) is 4.06. The predicted octanol–water partition coefficient (Wildman–Crippen LogP) is 3.78. The van der Waals surface area contributed by atoms with E-state index in [-0.39, 0.29) is 0 Å². The number of carboxylic acid groups (broad SMARTS) is 2. The molecule has 2 N–H and O–H groups in total. The summed E-state index contributed by atoms with van der Waals surface area (Å²) >= 11 is 13.1. The lowest BCUT2D eigenvalue weighted by molar-refractivity contribution is -0.374. The van der Waals surface area contributed by atoms with E-state index in [9.17, 15) is 49.1 Å². The van der Waals surface area contributed by atoms with Crippen LogP contribution >= 0.6 is 34.8 Å². The lowest BCUT2D eigenvalue weighted by Gasteiger charge is -2.41. The van der Waals surface area contributed by atoms with Gasteiger partial charge in [-0.2, -0.15) is 35.1 Å². The van der Waals surface area contributed by atoms with Gasteiger partial charge in [0.25, 0.3) is 9.46 Å². The first kappa shape index (κ1) is 23.2. The lowest BCUT2D eigenvalue weighted by Crippen LogP contribution is -2.71. The molecule has 1 atom stereocenters. The zero-order chi connectivity index (χ0) is 20.2. The largest absolute Gasteiger partial charge is 0.479 e. The topological polar surface area (TPSA) is 74.6 Å². The smallest absolute Gasteiger partial charge is 0.410 e. The van der Waals surface area contributed by atoms with E-state index in [1.165, 1.54) is 0 Å². The molecule has 0 amide bonds. The summed E-state index contributed by atoms with van der Waals surface area (Å²) in [6, 6.07) is 0. The molecule has 0 radical (unpaired) electrons. The second-order valence-corrected chi connectivity index (χ2v) is 5.90. The van der Waals surface area contributed by atoms with Gasteiger partial charge in [0.1, 0.15) is 0 Å². The Kier molecular flexibility index (Phi) is 5.67. The Morgan fingerprint density at radius 1 is 0.625 bits per heavy atom. The minimum absolute atomic E-state index is 3.06. The number of alkyl halides is 12. The van der Waals surface area contributed by atoms with Gasteiger partial charge in [0.05, 0.1) is 0 Å². The Morgan fingerprint density at radius 2 is 0.958 bits per heavy atom. The van der Waals surface area contributed by atoms with E-state index >= 15 is 0 Å². The SMILES string of the molecule is O=C(O)C(F)(F)C(F)(F)C(F)(F)C(F)(F)C(F)(Cl)C(Cl)(Cl)C(=O)O. The third-order valence-corrected chi connectivity index (χ3v) is 4.07. The third kappa shape index (κ3) is 2.73. The molecule has 0 bridgehead atoms.